The van der Waals surface area contributed by atoms with Crippen molar-refractivity contribution in [1.29, 1.82) is 0 Å². The molecule has 0 aliphatic carbocycles. The molecule has 0 radical (unpaired) electrons. The second-order valence-corrected chi connectivity index (χ2v) is 6.00. The minimum absolute atomic E-state index is 0.0174. The van der Waals surface area contributed by atoms with Crippen molar-refractivity contribution < 1.29 is 9.50 Å². The van der Waals surface area contributed by atoms with E-state index in [1.807, 2.05) is 0 Å². The summed E-state index contributed by atoms with van der Waals surface area (Å²) in [7, 11) is 0. The van der Waals surface area contributed by atoms with E-state index in [1.54, 1.807) is 6.92 Å². The van der Waals surface area contributed by atoms with Gasteiger partial charge in [0.05, 0.1) is 35.1 Å². The molecule has 5 nitrogen and oxygen atoms in total. The van der Waals surface area contributed by atoms with Crippen molar-refractivity contribution in [1.82, 2.24) is 13.9 Å². The average Bonchev–Trinajstić information content (AvgIpc) is 2.87. The fourth-order valence-corrected chi connectivity index (χ4v) is 3.00. The maximum Gasteiger partial charge on any atom is 0.264 e. The minimum Gasteiger partial charge on any atom is -0.387 e. The molecule has 3 aromatic rings. The third-order valence-electron chi connectivity index (χ3n) is 3.33. The number of aliphatic hydroxyl groups is 1. The second-order valence-electron chi connectivity index (χ2n) is 4.84. The smallest absolute Gasteiger partial charge is 0.264 e. The number of aromatic nitrogens is 3. The molecule has 0 aliphatic heterocycles. The third-order valence-corrected chi connectivity index (χ3v) is 4.49. The zero-order valence-corrected chi connectivity index (χ0v) is 13.0. The van der Waals surface area contributed by atoms with Gasteiger partial charge in [-0.1, -0.05) is 17.7 Å². The third kappa shape index (κ3) is 2.63. The molecule has 0 spiro atoms. The van der Waals surface area contributed by atoms with Crippen LogP contribution in [0.4, 0.5) is 4.39 Å². The molecule has 0 unspecified atom stereocenters. The number of nitrogens with zero attached hydrogens (tertiary/aromatic N) is 3. The van der Waals surface area contributed by atoms with Crippen LogP contribution in [0, 0.1) is 12.7 Å². The molecule has 114 valence electrons. The Hall–Kier alpha value is -1.83. The lowest BCUT2D eigenvalue weighted by molar-refractivity contribution is 0.154. The van der Waals surface area contributed by atoms with E-state index in [9.17, 15) is 14.3 Å². The molecule has 1 N–H and O–H groups in total. The normalized spacial score (nSPS) is 12.7. The average molecular weight is 340 g/mol. The SMILES string of the molecule is Cc1nsc2ncn(C[C@H](O)c3ccc(Cl)c(F)c3)c(=O)c12. The van der Waals surface area contributed by atoms with E-state index in [0.29, 0.717) is 21.5 Å². The van der Waals surface area contributed by atoms with E-state index in [-0.39, 0.29) is 17.1 Å². The first-order valence-corrected chi connectivity index (χ1v) is 7.57. The molecule has 0 fully saturated rings. The predicted molar refractivity (Wildman–Crippen MR) is 82.8 cm³/mol. The molecule has 2 aromatic heterocycles. The van der Waals surface area contributed by atoms with Crippen molar-refractivity contribution in [2.24, 2.45) is 0 Å². The summed E-state index contributed by atoms with van der Waals surface area (Å²) in [6, 6.07) is 4.04. The Kier molecular flexibility index (Phi) is 3.94. The highest BCUT2D eigenvalue weighted by molar-refractivity contribution is 7.12. The van der Waals surface area contributed by atoms with Gasteiger partial charge in [-0.2, -0.15) is 4.37 Å². The van der Waals surface area contributed by atoms with E-state index >= 15 is 0 Å². The number of halogens is 2. The summed E-state index contributed by atoms with van der Waals surface area (Å²) < 4.78 is 18.8. The standard InChI is InChI=1S/C14H11ClFN3O2S/c1-7-12-13(22-18-7)17-6-19(14(12)21)5-11(20)8-2-3-9(15)10(16)4-8/h2-4,6,11,20H,5H2,1H3/t11-/m0/s1. The number of aliphatic hydroxyl groups excluding tert-OH is 1. The van der Waals surface area contributed by atoms with Crippen LogP contribution in [0.25, 0.3) is 10.2 Å². The molecule has 0 bridgehead atoms. The molecule has 0 saturated heterocycles. The first kappa shape index (κ1) is 15.1. The lowest BCUT2D eigenvalue weighted by atomic mass is 10.1. The van der Waals surface area contributed by atoms with Gasteiger partial charge in [-0.25, -0.2) is 9.37 Å². The number of benzene rings is 1. The van der Waals surface area contributed by atoms with Crippen LogP contribution in [0.3, 0.4) is 0 Å². The van der Waals surface area contributed by atoms with Crippen molar-refractivity contribution in [3.63, 3.8) is 0 Å². The minimum atomic E-state index is -1.05. The van der Waals surface area contributed by atoms with Crippen LogP contribution in [0.2, 0.25) is 5.02 Å². The highest BCUT2D eigenvalue weighted by atomic mass is 35.5. The summed E-state index contributed by atoms with van der Waals surface area (Å²) >= 11 is 6.77. The fraction of sp³-hybridized carbons (Fsp3) is 0.214. The Morgan fingerprint density at radius 2 is 2.27 bits per heavy atom. The van der Waals surface area contributed by atoms with Crippen LogP contribution in [0.5, 0.6) is 0 Å². The topological polar surface area (TPSA) is 68.0 Å². The van der Waals surface area contributed by atoms with Crippen LogP contribution in [-0.4, -0.2) is 19.0 Å². The zero-order valence-electron chi connectivity index (χ0n) is 11.5. The Morgan fingerprint density at radius 3 is 3.00 bits per heavy atom. The van der Waals surface area contributed by atoms with Gasteiger partial charge in [-0.15, -0.1) is 0 Å². The van der Waals surface area contributed by atoms with Crippen molar-refractivity contribution in [2.75, 3.05) is 0 Å². The summed E-state index contributed by atoms with van der Waals surface area (Å²) in [5.74, 6) is -0.614. The molecule has 1 aromatic carbocycles. The lowest BCUT2D eigenvalue weighted by Gasteiger charge is -2.13. The van der Waals surface area contributed by atoms with E-state index in [0.717, 1.165) is 17.6 Å². The molecule has 1 atom stereocenters. The summed E-state index contributed by atoms with van der Waals surface area (Å²) in [4.78, 5) is 17.1. The quantitative estimate of drug-likeness (QED) is 0.796. The van der Waals surface area contributed by atoms with Gasteiger partial charge >= 0.3 is 0 Å². The zero-order chi connectivity index (χ0) is 15.9. The lowest BCUT2D eigenvalue weighted by Crippen LogP contribution is -2.23. The van der Waals surface area contributed by atoms with E-state index in [2.05, 4.69) is 9.36 Å². The first-order chi connectivity index (χ1) is 10.5. The highest BCUT2D eigenvalue weighted by Gasteiger charge is 2.15. The van der Waals surface area contributed by atoms with Gasteiger partial charge < -0.3 is 5.11 Å². The maximum atomic E-state index is 13.4. The molecular formula is C14H11ClFN3O2S. The molecule has 0 saturated carbocycles. The largest absolute Gasteiger partial charge is 0.387 e. The van der Waals surface area contributed by atoms with Crippen molar-refractivity contribution >= 4 is 33.4 Å². The molecule has 22 heavy (non-hydrogen) atoms. The van der Waals surface area contributed by atoms with Gasteiger partial charge in [0.15, 0.2) is 4.83 Å². The van der Waals surface area contributed by atoms with Gasteiger partial charge in [0, 0.05) is 0 Å². The summed E-state index contributed by atoms with van der Waals surface area (Å²) in [5, 5.41) is 10.6. The summed E-state index contributed by atoms with van der Waals surface area (Å²) in [5.41, 5.74) is 0.678. The second kappa shape index (κ2) is 5.75. The Morgan fingerprint density at radius 1 is 1.50 bits per heavy atom. The van der Waals surface area contributed by atoms with Crippen molar-refractivity contribution in [3.8, 4) is 0 Å². The number of hydrogen-bond acceptors (Lipinski definition) is 5. The summed E-state index contributed by atoms with van der Waals surface area (Å²) in [6.07, 6.45) is 0.313. The van der Waals surface area contributed by atoms with E-state index < -0.39 is 11.9 Å². The van der Waals surface area contributed by atoms with Crippen LogP contribution in [-0.2, 0) is 6.54 Å². The number of aryl methyl sites for hydroxylation is 1. The van der Waals surface area contributed by atoms with E-state index in [1.165, 1.54) is 23.0 Å². The van der Waals surface area contributed by atoms with Gasteiger partial charge in [0.25, 0.3) is 5.56 Å². The van der Waals surface area contributed by atoms with Crippen molar-refractivity contribution in [3.05, 3.63) is 57.0 Å². The van der Waals surface area contributed by atoms with Gasteiger partial charge in [-0.3, -0.25) is 9.36 Å². The Balaban J connectivity index is 1.95. The number of hydrogen-bond donors (Lipinski definition) is 1. The van der Waals surface area contributed by atoms with Crippen LogP contribution < -0.4 is 5.56 Å². The molecule has 2 heterocycles. The fourth-order valence-electron chi connectivity index (χ4n) is 2.15. The van der Waals surface area contributed by atoms with Crippen LogP contribution in [0.15, 0.2) is 29.3 Å². The highest BCUT2D eigenvalue weighted by Crippen LogP contribution is 2.21. The first-order valence-electron chi connectivity index (χ1n) is 6.42. The van der Waals surface area contributed by atoms with Crippen LogP contribution in [0.1, 0.15) is 17.4 Å². The van der Waals surface area contributed by atoms with Gasteiger partial charge in [-0.05, 0) is 36.2 Å². The van der Waals surface area contributed by atoms with Crippen molar-refractivity contribution in [2.45, 2.75) is 19.6 Å². The molecule has 0 amide bonds. The monoisotopic (exact) mass is 339 g/mol. The Labute approximate surface area is 133 Å². The Bertz CT molecular complexity index is 909. The molecule has 8 heteroatoms. The predicted octanol–water partition coefficient (Wildman–Crippen LogP) is 2.69. The molecule has 0 aliphatic rings. The molecular weight excluding hydrogens is 329 g/mol. The van der Waals surface area contributed by atoms with Crippen LogP contribution >= 0.6 is 23.1 Å². The summed E-state index contributed by atoms with van der Waals surface area (Å²) in [6.45, 7) is 1.70. The van der Waals surface area contributed by atoms with Gasteiger partial charge in [0.2, 0.25) is 0 Å². The number of rotatable bonds is 3. The van der Waals surface area contributed by atoms with Gasteiger partial charge in [0.1, 0.15) is 5.82 Å². The number of fused-ring (bicyclic) bond motifs is 1. The molecule has 3 rings (SSSR count). The maximum absolute atomic E-state index is 13.4. The van der Waals surface area contributed by atoms with E-state index in [4.69, 9.17) is 11.6 Å².